The molecule has 4 aromatic rings. The molecule has 5 rings (SSSR count). The lowest BCUT2D eigenvalue weighted by molar-refractivity contribution is -0.117. The van der Waals surface area contributed by atoms with E-state index in [1.165, 1.54) is 31.8 Å². The highest BCUT2D eigenvalue weighted by Gasteiger charge is 2.26. The molecule has 0 aromatic heterocycles. The first-order valence-corrected chi connectivity index (χ1v) is 15.7. The Morgan fingerprint density at radius 1 is 0.886 bits per heavy atom. The lowest BCUT2D eigenvalue weighted by Gasteiger charge is -2.35. The van der Waals surface area contributed by atoms with E-state index in [4.69, 9.17) is 9.47 Å². The molecule has 0 unspecified atom stereocenters. The summed E-state index contributed by atoms with van der Waals surface area (Å²) in [4.78, 5) is 29.0. The fraction of sp³-hybridized carbons (Fsp3) is 0.278. The van der Waals surface area contributed by atoms with Gasteiger partial charge in [0.05, 0.1) is 37.7 Å². The first-order chi connectivity index (χ1) is 21.4. The standard InChI is InChI=1S/C36H38BrN3O4/c1-25-11-10-14-32(39-19-8-5-9-20-39)35(25)40(38-29-17-15-27(16-18-29)21-26-12-6-4-7-13-26)34(41)23-28-22-33(43-2)30(24-31(28)37)36(42)44-3/h4,6-7,10-18,22,24,38H,5,8-9,19-21,23H2,1-3H3. The number of rotatable bonds is 10. The van der Waals surface area contributed by atoms with E-state index in [1.807, 2.05) is 43.3 Å². The zero-order valence-electron chi connectivity index (χ0n) is 25.4. The number of nitrogens with zero attached hydrogens (tertiary/aromatic N) is 2. The summed E-state index contributed by atoms with van der Waals surface area (Å²) in [6.07, 6.45) is 4.35. The Labute approximate surface area is 267 Å². The van der Waals surface area contributed by atoms with Gasteiger partial charge in [0.15, 0.2) is 0 Å². The van der Waals surface area contributed by atoms with Gasteiger partial charge in [-0.3, -0.25) is 10.2 Å². The third-order valence-corrected chi connectivity index (χ3v) is 8.69. The minimum absolute atomic E-state index is 0.0608. The van der Waals surface area contributed by atoms with Crippen LogP contribution in [-0.2, 0) is 22.4 Å². The number of piperidine rings is 1. The first-order valence-electron chi connectivity index (χ1n) is 14.9. The van der Waals surface area contributed by atoms with Crippen LogP contribution >= 0.6 is 15.9 Å². The van der Waals surface area contributed by atoms with Gasteiger partial charge in [-0.25, -0.2) is 9.80 Å². The van der Waals surface area contributed by atoms with Crippen molar-refractivity contribution in [2.45, 2.75) is 39.0 Å². The first kappa shape index (κ1) is 31.1. The molecule has 7 nitrogen and oxygen atoms in total. The molecule has 1 aliphatic heterocycles. The molecular weight excluding hydrogens is 618 g/mol. The van der Waals surface area contributed by atoms with E-state index in [9.17, 15) is 9.59 Å². The zero-order valence-corrected chi connectivity index (χ0v) is 27.0. The van der Waals surface area contributed by atoms with Gasteiger partial charge in [-0.15, -0.1) is 0 Å². The van der Waals surface area contributed by atoms with Gasteiger partial charge >= 0.3 is 5.97 Å². The molecular formula is C36H38BrN3O4. The number of hydrogen-bond donors (Lipinski definition) is 1. The van der Waals surface area contributed by atoms with Gasteiger partial charge in [0.25, 0.3) is 0 Å². The Morgan fingerprint density at radius 2 is 1.59 bits per heavy atom. The molecule has 228 valence electrons. The van der Waals surface area contributed by atoms with Crippen molar-refractivity contribution in [3.05, 3.63) is 117 Å². The molecule has 4 aromatic carbocycles. The van der Waals surface area contributed by atoms with Crippen LogP contribution in [0, 0.1) is 6.92 Å². The summed E-state index contributed by atoms with van der Waals surface area (Å²) in [5, 5.41) is 1.68. The van der Waals surface area contributed by atoms with Crippen LogP contribution in [0.4, 0.5) is 17.1 Å². The van der Waals surface area contributed by atoms with E-state index in [0.717, 1.165) is 55.0 Å². The number of para-hydroxylation sites is 1. The van der Waals surface area contributed by atoms with Crippen LogP contribution < -0.4 is 20.1 Å². The lowest BCUT2D eigenvalue weighted by Crippen LogP contribution is -2.40. The largest absolute Gasteiger partial charge is 0.496 e. The molecule has 0 bridgehead atoms. The molecule has 1 amide bonds. The van der Waals surface area contributed by atoms with Crippen LogP contribution in [0.2, 0.25) is 0 Å². The fourth-order valence-corrected chi connectivity index (χ4v) is 6.12. The third-order valence-electron chi connectivity index (χ3n) is 7.95. The Kier molecular flexibility index (Phi) is 10.2. The van der Waals surface area contributed by atoms with Gasteiger partial charge < -0.3 is 14.4 Å². The summed E-state index contributed by atoms with van der Waals surface area (Å²) in [6, 6.07) is 28.1. The van der Waals surface area contributed by atoms with E-state index >= 15 is 0 Å². The maximum atomic E-state index is 14.3. The Bertz CT molecular complexity index is 1600. The number of esters is 1. The molecule has 1 aliphatic rings. The highest BCUT2D eigenvalue weighted by molar-refractivity contribution is 9.10. The van der Waals surface area contributed by atoms with Crippen molar-refractivity contribution < 1.29 is 19.1 Å². The maximum absolute atomic E-state index is 14.3. The van der Waals surface area contributed by atoms with Crippen molar-refractivity contribution in [2.75, 3.05) is 42.6 Å². The SMILES string of the molecule is COC(=O)c1cc(Br)c(CC(=O)N(Nc2ccc(Cc3ccccc3)cc2)c2c(C)cccc2N2CCCCC2)cc1OC. The van der Waals surface area contributed by atoms with Gasteiger partial charge in [0.1, 0.15) is 11.3 Å². The molecule has 0 atom stereocenters. The van der Waals surface area contributed by atoms with Crippen LogP contribution in [0.3, 0.4) is 0 Å². The molecule has 1 saturated heterocycles. The average molecular weight is 657 g/mol. The van der Waals surface area contributed by atoms with Gasteiger partial charge in [-0.2, -0.15) is 0 Å². The van der Waals surface area contributed by atoms with Crippen molar-refractivity contribution in [2.24, 2.45) is 0 Å². The monoisotopic (exact) mass is 655 g/mol. The van der Waals surface area contributed by atoms with Crippen molar-refractivity contribution in [3.63, 3.8) is 0 Å². The molecule has 1 heterocycles. The maximum Gasteiger partial charge on any atom is 0.341 e. The number of aryl methyl sites for hydroxylation is 1. The number of ether oxygens (including phenoxy) is 2. The molecule has 44 heavy (non-hydrogen) atoms. The quantitative estimate of drug-likeness (QED) is 0.139. The number of hydrogen-bond acceptors (Lipinski definition) is 6. The number of carbonyl (C=O) groups is 2. The summed E-state index contributed by atoms with van der Waals surface area (Å²) in [5.74, 6) is -0.314. The summed E-state index contributed by atoms with van der Waals surface area (Å²) in [5.41, 5.74) is 10.5. The lowest BCUT2D eigenvalue weighted by atomic mass is 10.0. The van der Waals surface area contributed by atoms with Crippen LogP contribution in [0.1, 0.15) is 51.9 Å². The number of halogens is 1. The van der Waals surface area contributed by atoms with Crippen molar-refractivity contribution >= 4 is 44.9 Å². The summed E-state index contributed by atoms with van der Waals surface area (Å²) in [6.45, 7) is 3.94. The number of amides is 1. The Morgan fingerprint density at radius 3 is 2.27 bits per heavy atom. The molecule has 0 spiro atoms. The number of benzene rings is 4. The van der Waals surface area contributed by atoms with E-state index < -0.39 is 5.97 Å². The van der Waals surface area contributed by atoms with Gasteiger partial charge in [0, 0.05) is 17.6 Å². The highest BCUT2D eigenvalue weighted by atomic mass is 79.9. The predicted molar refractivity (Wildman–Crippen MR) is 180 cm³/mol. The zero-order chi connectivity index (χ0) is 31.1. The Balaban J connectivity index is 1.49. The number of anilines is 3. The topological polar surface area (TPSA) is 71.1 Å². The number of carbonyl (C=O) groups excluding carboxylic acids is 2. The highest BCUT2D eigenvalue weighted by Crippen LogP contribution is 2.36. The molecule has 1 N–H and O–H groups in total. The summed E-state index contributed by atoms with van der Waals surface area (Å²) in [7, 11) is 2.82. The van der Waals surface area contributed by atoms with E-state index in [0.29, 0.717) is 15.8 Å². The van der Waals surface area contributed by atoms with Gasteiger partial charge in [-0.05, 0) is 85.2 Å². The fourth-order valence-electron chi connectivity index (χ4n) is 5.64. The molecule has 0 saturated carbocycles. The van der Waals surface area contributed by atoms with Gasteiger partial charge in [-0.1, -0.05) is 70.5 Å². The second-order valence-electron chi connectivity index (χ2n) is 11.0. The molecule has 0 radical (unpaired) electrons. The second-order valence-corrected chi connectivity index (χ2v) is 11.9. The van der Waals surface area contributed by atoms with Crippen LogP contribution in [-0.4, -0.2) is 39.2 Å². The average Bonchev–Trinajstić information content (AvgIpc) is 3.05. The van der Waals surface area contributed by atoms with Crippen LogP contribution in [0.5, 0.6) is 5.75 Å². The number of hydrazine groups is 1. The van der Waals surface area contributed by atoms with Crippen molar-refractivity contribution in [1.82, 2.24) is 0 Å². The van der Waals surface area contributed by atoms with E-state index in [-0.39, 0.29) is 17.9 Å². The molecule has 0 aliphatic carbocycles. The van der Waals surface area contributed by atoms with E-state index in [1.54, 1.807) is 17.1 Å². The minimum Gasteiger partial charge on any atom is -0.496 e. The van der Waals surface area contributed by atoms with Crippen molar-refractivity contribution in [1.29, 1.82) is 0 Å². The number of nitrogens with one attached hydrogen (secondary N) is 1. The summed E-state index contributed by atoms with van der Waals surface area (Å²) >= 11 is 3.57. The van der Waals surface area contributed by atoms with Gasteiger partial charge in [0.2, 0.25) is 5.91 Å². The summed E-state index contributed by atoms with van der Waals surface area (Å²) < 4.78 is 11.0. The van der Waals surface area contributed by atoms with Crippen LogP contribution in [0.15, 0.2) is 89.4 Å². The van der Waals surface area contributed by atoms with Crippen molar-refractivity contribution in [3.8, 4) is 5.75 Å². The Hall–Kier alpha value is -4.30. The van der Waals surface area contributed by atoms with E-state index in [2.05, 4.69) is 62.7 Å². The third kappa shape index (κ3) is 7.25. The molecule has 1 fully saturated rings. The minimum atomic E-state index is -0.509. The number of methoxy groups -OCH3 is 2. The second kappa shape index (κ2) is 14.4. The predicted octanol–water partition coefficient (Wildman–Crippen LogP) is 7.74. The normalized spacial score (nSPS) is 12.9. The smallest absolute Gasteiger partial charge is 0.341 e. The van der Waals surface area contributed by atoms with Crippen LogP contribution in [0.25, 0.3) is 0 Å². The molecule has 8 heteroatoms.